The monoisotopic (exact) mass is 298 g/mol. The summed E-state index contributed by atoms with van der Waals surface area (Å²) in [4.78, 5) is 22.4. The summed E-state index contributed by atoms with van der Waals surface area (Å²) in [5.74, 6) is -0.114. The summed E-state index contributed by atoms with van der Waals surface area (Å²) in [5.41, 5.74) is -0.354. The van der Waals surface area contributed by atoms with Gasteiger partial charge < -0.3 is 10.1 Å². The molecule has 0 aliphatic carbocycles. The van der Waals surface area contributed by atoms with Gasteiger partial charge in [0.2, 0.25) is 0 Å². The summed E-state index contributed by atoms with van der Waals surface area (Å²) in [7, 11) is 0. The number of nitrogens with zero attached hydrogens (tertiary/aromatic N) is 1. The molecule has 1 saturated heterocycles. The number of hydrogen-bond donors (Lipinski definition) is 1. The maximum atomic E-state index is 12.1. The fourth-order valence-corrected chi connectivity index (χ4v) is 2.41. The number of amides is 1. The van der Waals surface area contributed by atoms with Crippen molar-refractivity contribution >= 4 is 23.2 Å². The van der Waals surface area contributed by atoms with Crippen LogP contribution in [-0.4, -0.2) is 30.6 Å². The number of halogens is 1. The molecule has 2 rings (SSSR count). The van der Waals surface area contributed by atoms with Gasteiger partial charge in [0.05, 0.1) is 4.92 Å². The van der Waals surface area contributed by atoms with E-state index in [9.17, 15) is 14.9 Å². The summed E-state index contributed by atoms with van der Waals surface area (Å²) in [5, 5.41) is 13.7. The molecule has 1 amide bonds. The Hall–Kier alpha value is -1.66. The van der Waals surface area contributed by atoms with E-state index in [1.54, 1.807) is 0 Å². The number of nitro benzene ring substituents is 1. The summed E-state index contributed by atoms with van der Waals surface area (Å²) in [6, 6.07) is 4.33. The Kier molecular flexibility index (Phi) is 4.92. The van der Waals surface area contributed by atoms with E-state index in [1.807, 2.05) is 0 Å². The molecule has 108 valence electrons. The fraction of sp³-hybridized carbons (Fsp3) is 0.462. The van der Waals surface area contributed by atoms with Crippen LogP contribution in [0.5, 0.6) is 0 Å². The number of carbonyl (C=O) groups is 1. The van der Waals surface area contributed by atoms with Gasteiger partial charge in [-0.2, -0.15) is 0 Å². The smallest absolute Gasteiger partial charge is 0.300 e. The standard InChI is InChI=1S/C13H15ClN2O4/c14-11-3-1-2-10(12(11)16(18)19)13(17)15-8-9-4-6-20-7-5-9/h1-3,9H,4-8H2,(H,15,17). The molecule has 0 atom stereocenters. The quantitative estimate of drug-likeness (QED) is 0.683. The Bertz CT molecular complexity index is 515. The Morgan fingerprint density at radius 1 is 1.45 bits per heavy atom. The third-order valence-corrected chi connectivity index (χ3v) is 3.61. The van der Waals surface area contributed by atoms with E-state index in [2.05, 4.69) is 5.32 Å². The lowest BCUT2D eigenvalue weighted by Gasteiger charge is -2.22. The number of ether oxygens (including phenoxy) is 1. The van der Waals surface area contributed by atoms with Crippen molar-refractivity contribution in [2.75, 3.05) is 19.8 Å². The van der Waals surface area contributed by atoms with Gasteiger partial charge in [-0.25, -0.2) is 0 Å². The molecule has 1 heterocycles. The predicted octanol–water partition coefficient (Wildman–Crippen LogP) is 2.40. The van der Waals surface area contributed by atoms with E-state index in [4.69, 9.17) is 16.3 Å². The van der Waals surface area contributed by atoms with Gasteiger partial charge in [0.1, 0.15) is 10.6 Å². The van der Waals surface area contributed by atoms with Gasteiger partial charge in [-0.15, -0.1) is 0 Å². The van der Waals surface area contributed by atoms with Crippen LogP contribution >= 0.6 is 11.6 Å². The summed E-state index contributed by atoms with van der Waals surface area (Å²) in [6.07, 6.45) is 1.77. The number of para-hydroxylation sites is 1. The fourth-order valence-electron chi connectivity index (χ4n) is 2.17. The Morgan fingerprint density at radius 3 is 2.80 bits per heavy atom. The zero-order chi connectivity index (χ0) is 14.5. The molecule has 0 bridgehead atoms. The van der Waals surface area contributed by atoms with Gasteiger partial charge >= 0.3 is 5.69 Å². The van der Waals surface area contributed by atoms with Gasteiger partial charge in [-0.05, 0) is 30.9 Å². The molecule has 1 fully saturated rings. The lowest BCUT2D eigenvalue weighted by Crippen LogP contribution is -2.32. The van der Waals surface area contributed by atoms with E-state index < -0.39 is 10.8 Å². The van der Waals surface area contributed by atoms with Crippen LogP contribution < -0.4 is 5.32 Å². The molecular formula is C13H15ClN2O4. The van der Waals surface area contributed by atoms with Crippen molar-refractivity contribution in [1.82, 2.24) is 5.32 Å². The molecular weight excluding hydrogens is 284 g/mol. The molecule has 6 nitrogen and oxygen atoms in total. The van der Waals surface area contributed by atoms with E-state index in [0.717, 1.165) is 12.8 Å². The highest BCUT2D eigenvalue weighted by Crippen LogP contribution is 2.28. The molecule has 0 unspecified atom stereocenters. The van der Waals surface area contributed by atoms with Crippen molar-refractivity contribution in [3.05, 3.63) is 38.9 Å². The molecule has 1 aliphatic heterocycles. The van der Waals surface area contributed by atoms with E-state index >= 15 is 0 Å². The summed E-state index contributed by atoms with van der Waals surface area (Å²) in [6.45, 7) is 1.88. The number of carbonyl (C=O) groups excluding carboxylic acids is 1. The normalized spacial score (nSPS) is 15.8. The molecule has 0 radical (unpaired) electrons. The summed E-state index contributed by atoms with van der Waals surface area (Å²) >= 11 is 5.78. The zero-order valence-electron chi connectivity index (χ0n) is 10.8. The largest absolute Gasteiger partial charge is 0.381 e. The molecule has 7 heteroatoms. The molecule has 1 aromatic rings. The second kappa shape index (κ2) is 6.67. The van der Waals surface area contributed by atoms with Crippen molar-refractivity contribution in [3.8, 4) is 0 Å². The first kappa shape index (κ1) is 14.7. The molecule has 20 heavy (non-hydrogen) atoms. The Balaban J connectivity index is 2.05. The van der Waals surface area contributed by atoms with Crippen LogP contribution in [-0.2, 0) is 4.74 Å². The van der Waals surface area contributed by atoms with Gasteiger partial charge in [-0.3, -0.25) is 14.9 Å². The number of rotatable bonds is 4. The van der Waals surface area contributed by atoms with Crippen LogP contribution in [0.15, 0.2) is 18.2 Å². The third kappa shape index (κ3) is 3.46. The van der Waals surface area contributed by atoms with Crippen LogP contribution in [0.25, 0.3) is 0 Å². The molecule has 1 aliphatic rings. The van der Waals surface area contributed by atoms with Crippen molar-refractivity contribution in [2.45, 2.75) is 12.8 Å². The molecule has 0 aromatic heterocycles. The van der Waals surface area contributed by atoms with Crippen LogP contribution in [0.1, 0.15) is 23.2 Å². The van der Waals surface area contributed by atoms with Crippen molar-refractivity contribution in [2.24, 2.45) is 5.92 Å². The topological polar surface area (TPSA) is 81.5 Å². The number of nitrogens with one attached hydrogen (secondary N) is 1. The minimum Gasteiger partial charge on any atom is -0.381 e. The number of nitro groups is 1. The van der Waals surface area contributed by atoms with Crippen molar-refractivity contribution in [1.29, 1.82) is 0 Å². The average Bonchev–Trinajstić information content (AvgIpc) is 2.45. The maximum Gasteiger partial charge on any atom is 0.300 e. The van der Waals surface area contributed by atoms with E-state index in [0.29, 0.717) is 25.7 Å². The van der Waals surface area contributed by atoms with E-state index in [-0.39, 0.29) is 16.3 Å². The Morgan fingerprint density at radius 2 is 2.15 bits per heavy atom. The number of hydrogen-bond acceptors (Lipinski definition) is 4. The first-order chi connectivity index (χ1) is 9.59. The van der Waals surface area contributed by atoms with Gasteiger partial charge in [0.25, 0.3) is 5.91 Å². The molecule has 0 saturated carbocycles. The highest BCUT2D eigenvalue weighted by Gasteiger charge is 2.24. The highest BCUT2D eigenvalue weighted by atomic mass is 35.5. The van der Waals surface area contributed by atoms with Crippen molar-refractivity contribution in [3.63, 3.8) is 0 Å². The minimum absolute atomic E-state index is 0.00504. The minimum atomic E-state index is -0.633. The van der Waals surface area contributed by atoms with E-state index in [1.165, 1.54) is 18.2 Å². The van der Waals surface area contributed by atoms with Gasteiger partial charge in [0.15, 0.2) is 0 Å². The average molecular weight is 299 g/mol. The van der Waals surface area contributed by atoms with Gasteiger partial charge in [-0.1, -0.05) is 17.7 Å². The molecule has 1 aromatic carbocycles. The molecule has 1 N–H and O–H groups in total. The van der Waals surface area contributed by atoms with Crippen LogP contribution in [0.3, 0.4) is 0 Å². The first-order valence-corrected chi connectivity index (χ1v) is 6.76. The SMILES string of the molecule is O=C(NCC1CCOCC1)c1cccc(Cl)c1[N+](=O)[O-]. The Labute approximate surface area is 121 Å². The third-order valence-electron chi connectivity index (χ3n) is 3.31. The predicted molar refractivity (Wildman–Crippen MR) is 74.0 cm³/mol. The highest BCUT2D eigenvalue weighted by molar-refractivity contribution is 6.33. The lowest BCUT2D eigenvalue weighted by molar-refractivity contribution is -0.385. The second-order valence-corrected chi connectivity index (χ2v) is 5.07. The first-order valence-electron chi connectivity index (χ1n) is 6.38. The second-order valence-electron chi connectivity index (χ2n) is 4.66. The summed E-state index contributed by atoms with van der Waals surface area (Å²) < 4.78 is 5.24. The van der Waals surface area contributed by atoms with Crippen LogP contribution in [0, 0.1) is 16.0 Å². The van der Waals surface area contributed by atoms with Crippen LogP contribution in [0.2, 0.25) is 5.02 Å². The van der Waals surface area contributed by atoms with Crippen LogP contribution in [0.4, 0.5) is 5.69 Å². The number of benzene rings is 1. The zero-order valence-corrected chi connectivity index (χ0v) is 11.6. The van der Waals surface area contributed by atoms with Crippen molar-refractivity contribution < 1.29 is 14.5 Å². The lowest BCUT2D eigenvalue weighted by atomic mass is 10.0. The molecule has 0 spiro atoms. The van der Waals surface area contributed by atoms with Gasteiger partial charge in [0, 0.05) is 19.8 Å². The maximum absolute atomic E-state index is 12.1.